The van der Waals surface area contributed by atoms with Crippen LogP contribution in [0.25, 0.3) is 0 Å². The second kappa shape index (κ2) is 6.15. The second-order valence-corrected chi connectivity index (χ2v) is 3.74. The molecule has 1 aromatic carbocycles. The third-order valence-corrected chi connectivity index (χ3v) is 2.31. The molecular formula is C11H15FN2O3. The lowest BCUT2D eigenvalue weighted by atomic mass is 10.2. The molecule has 0 heterocycles. The van der Waals surface area contributed by atoms with Gasteiger partial charge in [-0.2, -0.15) is 0 Å². The van der Waals surface area contributed by atoms with Gasteiger partial charge >= 0.3 is 0 Å². The van der Waals surface area contributed by atoms with Crippen LogP contribution in [0.5, 0.6) is 0 Å². The number of aliphatic hydroxyl groups excluding tert-OH is 1. The van der Waals surface area contributed by atoms with Crippen LogP contribution < -0.4 is 5.32 Å². The molecular weight excluding hydrogens is 227 g/mol. The van der Waals surface area contributed by atoms with Crippen molar-refractivity contribution in [3.8, 4) is 0 Å². The van der Waals surface area contributed by atoms with Crippen LogP contribution in [0.1, 0.15) is 19.8 Å². The summed E-state index contributed by atoms with van der Waals surface area (Å²) in [5.74, 6) is -0.656. The molecule has 0 spiro atoms. The van der Waals surface area contributed by atoms with E-state index in [4.69, 9.17) is 0 Å². The van der Waals surface area contributed by atoms with E-state index in [0.717, 1.165) is 18.6 Å². The van der Waals surface area contributed by atoms with E-state index in [1.54, 1.807) is 0 Å². The smallest absolute Gasteiger partial charge is 0.295 e. The Morgan fingerprint density at radius 2 is 2.29 bits per heavy atom. The third kappa shape index (κ3) is 3.99. The van der Waals surface area contributed by atoms with Gasteiger partial charge < -0.3 is 10.4 Å². The second-order valence-electron chi connectivity index (χ2n) is 3.74. The van der Waals surface area contributed by atoms with Crippen LogP contribution in [0.15, 0.2) is 18.2 Å². The molecule has 0 aromatic heterocycles. The molecule has 0 saturated carbocycles. The number of anilines is 1. The Labute approximate surface area is 98.4 Å². The number of nitro benzene ring substituents is 1. The van der Waals surface area contributed by atoms with Crippen LogP contribution in [0.4, 0.5) is 15.8 Å². The first kappa shape index (κ1) is 13.4. The van der Waals surface area contributed by atoms with Crippen molar-refractivity contribution in [2.24, 2.45) is 0 Å². The van der Waals surface area contributed by atoms with Crippen molar-refractivity contribution in [1.29, 1.82) is 0 Å². The summed E-state index contributed by atoms with van der Waals surface area (Å²) in [6.45, 7) is 2.14. The highest BCUT2D eigenvalue weighted by Crippen LogP contribution is 2.24. The van der Waals surface area contributed by atoms with Crippen LogP contribution in [-0.4, -0.2) is 22.7 Å². The van der Waals surface area contributed by atoms with Crippen molar-refractivity contribution in [2.75, 3.05) is 11.9 Å². The lowest BCUT2D eigenvalue weighted by Crippen LogP contribution is -2.19. The first-order valence-electron chi connectivity index (χ1n) is 5.40. The summed E-state index contributed by atoms with van der Waals surface area (Å²) in [5.41, 5.74) is -0.111. The van der Waals surface area contributed by atoms with Crippen LogP contribution in [0, 0.1) is 15.9 Å². The fourth-order valence-corrected chi connectivity index (χ4v) is 1.47. The zero-order valence-corrected chi connectivity index (χ0v) is 9.52. The molecule has 0 aliphatic rings. The van der Waals surface area contributed by atoms with Gasteiger partial charge in [0.15, 0.2) is 0 Å². The van der Waals surface area contributed by atoms with Gasteiger partial charge in [0.1, 0.15) is 11.5 Å². The van der Waals surface area contributed by atoms with E-state index < -0.39 is 16.8 Å². The summed E-state index contributed by atoms with van der Waals surface area (Å²) >= 11 is 0. The predicted molar refractivity (Wildman–Crippen MR) is 62.5 cm³/mol. The van der Waals surface area contributed by atoms with Gasteiger partial charge in [-0.25, -0.2) is 4.39 Å². The predicted octanol–water partition coefficient (Wildman–Crippen LogP) is 2.31. The molecule has 0 aliphatic heterocycles. The SMILES string of the molecule is CCCC(O)CNc1ccc(F)cc1[N+](=O)[O-]. The topological polar surface area (TPSA) is 75.4 Å². The molecule has 0 radical (unpaired) electrons. The number of rotatable bonds is 6. The van der Waals surface area contributed by atoms with Gasteiger partial charge in [-0.05, 0) is 18.6 Å². The minimum atomic E-state index is -0.656. The van der Waals surface area contributed by atoms with Crippen LogP contribution >= 0.6 is 0 Å². The van der Waals surface area contributed by atoms with E-state index >= 15 is 0 Å². The summed E-state index contributed by atoms with van der Waals surface area (Å²) in [4.78, 5) is 10.0. The quantitative estimate of drug-likeness (QED) is 0.593. The maximum atomic E-state index is 12.8. The van der Waals surface area contributed by atoms with Crippen molar-refractivity contribution in [1.82, 2.24) is 0 Å². The lowest BCUT2D eigenvalue weighted by Gasteiger charge is -2.11. The standard InChI is InChI=1S/C11H15FN2O3/c1-2-3-9(15)7-13-10-5-4-8(12)6-11(10)14(16)17/h4-6,9,13,15H,2-3,7H2,1H3. The Bertz CT molecular complexity index is 398. The Balaban J connectivity index is 2.73. The molecule has 0 saturated heterocycles. The molecule has 2 N–H and O–H groups in total. The third-order valence-electron chi connectivity index (χ3n) is 2.31. The van der Waals surface area contributed by atoms with Crippen molar-refractivity contribution in [2.45, 2.75) is 25.9 Å². The number of nitrogens with one attached hydrogen (secondary N) is 1. The van der Waals surface area contributed by atoms with Crippen molar-refractivity contribution in [3.05, 3.63) is 34.1 Å². The number of nitrogens with zero attached hydrogens (tertiary/aromatic N) is 1. The zero-order valence-electron chi connectivity index (χ0n) is 9.52. The number of benzene rings is 1. The van der Waals surface area contributed by atoms with Gasteiger partial charge in [-0.3, -0.25) is 10.1 Å². The molecule has 0 amide bonds. The zero-order chi connectivity index (χ0) is 12.8. The normalized spacial score (nSPS) is 12.2. The fraction of sp³-hybridized carbons (Fsp3) is 0.455. The molecule has 0 aliphatic carbocycles. The summed E-state index contributed by atoms with van der Waals surface area (Å²) in [5, 5.41) is 22.9. The van der Waals surface area contributed by atoms with Crippen molar-refractivity contribution >= 4 is 11.4 Å². The Morgan fingerprint density at radius 3 is 2.88 bits per heavy atom. The van der Waals surface area contributed by atoms with Crippen molar-refractivity contribution in [3.63, 3.8) is 0 Å². The van der Waals surface area contributed by atoms with Gasteiger partial charge in [0.2, 0.25) is 0 Å². The minimum Gasteiger partial charge on any atom is -0.391 e. The maximum absolute atomic E-state index is 12.8. The fourth-order valence-electron chi connectivity index (χ4n) is 1.47. The highest BCUT2D eigenvalue weighted by Gasteiger charge is 2.15. The van der Waals surface area contributed by atoms with Gasteiger partial charge in [0.25, 0.3) is 5.69 Å². The Kier molecular flexibility index (Phi) is 4.84. The summed E-state index contributed by atoms with van der Waals surface area (Å²) in [7, 11) is 0. The molecule has 1 unspecified atom stereocenters. The number of hydrogen-bond donors (Lipinski definition) is 2. The molecule has 94 valence electrons. The number of nitro groups is 1. The number of aliphatic hydroxyl groups is 1. The summed E-state index contributed by atoms with van der Waals surface area (Å²) < 4.78 is 12.8. The van der Waals surface area contributed by atoms with E-state index in [2.05, 4.69) is 5.32 Å². The van der Waals surface area contributed by atoms with Crippen LogP contribution in [-0.2, 0) is 0 Å². The van der Waals surface area contributed by atoms with Crippen LogP contribution in [0.2, 0.25) is 0 Å². The van der Waals surface area contributed by atoms with Crippen LogP contribution in [0.3, 0.4) is 0 Å². The highest BCUT2D eigenvalue weighted by molar-refractivity contribution is 5.61. The van der Waals surface area contributed by atoms with Gasteiger partial charge in [-0.15, -0.1) is 0 Å². The number of halogens is 1. The molecule has 17 heavy (non-hydrogen) atoms. The van der Waals surface area contributed by atoms with E-state index in [1.807, 2.05) is 6.92 Å². The first-order valence-corrected chi connectivity index (χ1v) is 5.40. The maximum Gasteiger partial charge on any atom is 0.295 e. The highest BCUT2D eigenvalue weighted by atomic mass is 19.1. The summed E-state index contributed by atoms with van der Waals surface area (Å²) in [6, 6.07) is 3.29. The molecule has 6 heteroatoms. The monoisotopic (exact) mass is 242 g/mol. The minimum absolute atomic E-state index is 0.209. The average molecular weight is 242 g/mol. The molecule has 0 fully saturated rings. The van der Waals surface area contributed by atoms with Gasteiger partial charge in [0.05, 0.1) is 17.1 Å². The first-order chi connectivity index (χ1) is 8.04. The average Bonchev–Trinajstić information content (AvgIpc) is 2.27. The van der Waals surface area contributed by atoms with E-state index in [9.17, 15) is 19.6 Å². The van der Waals surface area contributed by atoms with E-state index in [1.165, 1.54) is 6.07 Å². The molecule has 1 rings (SSSR count). The van der Waals surface area contributed by atoms with Gasteiger partial charge in [-0.1, -0.05) is 13.3 Å². The lowest BCUT2D eigenvalue weighted by molar-refractivity contribution is -0.384. The molecule has 1 atom stereocenters. The largest absolute Gasteiger partial charge is 0.391 e. The summed E-state index contributed by atoms with van der Waals surface area (Å²) in [6.07, 6.45) is 0.876. The molecule has 0 bridgehead atoms. The number of hydrogen-bond acceptors (Lipinski definition) is 4. The van der Waals surface area contributed by atoms with Gasteiger partial charge in [0, 0.05) is 6.54 Å². The Hall–Kier alpha value is -1.69. The molecule has 5 nitrogen and oxygen atoms in total. The van der Waals surface area contributed by atoms with Crippen molar-refractivity contribution < 1.29 is 14.4 Å². The van der Waals surface area contributed by atoms with E-state index in [0.29, 0.717) is 6.42 Å². The Morgan fingerprint density at radius 1 is 1.59 bits per heavy atom. The molecule has 1 aromatic rings. The van der Waals surface area contributed by atoms with E-state index in [-0.39, 0.29) is 17.9 Å².